The van der Waals surface area contributed by atoms with Gasteiger partial charge >= 0.3 is 5.97 Å². The first-order valence-corrected chi connectivity index (χ1v) is 7.45. The molecule has 2 rings (SSSR count). The van der Waals surface area contributed by atoms with Crippen molar-refractivity contribution in [2.75, 3.05) is 0 Å². The molecule has 1 aromatic rings. The quantitative estimate of drug-likeness (QED) is 0.825. The van der Waals surface area contributed by atoms with Crippen molar-refractivity contribution >= 4 is 11.8 Å². The van der Waals surface area contributed by atoms with Gasteiger partial charge in [-0.2, -0.15) is 0 Å². The first kappa shape index (κ1) is 14.8. The molecule has 0 radical (unpaired) electrons. The second-order valence-electron chi connectivity index (χ2n) is 5.71. The van der Waals surface area contributed by atoms with Gasteiger partial charge in [-0.3, -0.25) is 9.59 Å². The summed E-state index contributed by atoms with van der Waals surface area (Å²) in [4.78, 5) is 22.3. The van der Waals surface area contributed by atoms with Crippen LogP contribution in [0.1, 0.15) is 67.3 Å². The summed E-state index contributed by atoms with van der Waals surface area (Å²) in [7, 11) is 0. The summed E-state index contributed by atoms with van der Waals surface area (Å²) < 4.78 is 0. The summed E-state index contributed by atoms with van der Waals surface area (Å²) in [6, 6.07) is 7.96. The number of aliphatic carboxylic acids is 1. The molecule has 1 aliphatic carbocycles. The Bertz CT molecular complexity index is 468. The minimum Gasteiger partial charge on any atom is -0.481 e. The third-order valence-electron chi connectivity index (χ3n) is 4.34. The van der Waals surface area contributed by atoms with Crippen LogP contribution in [0.25, 0.3) is 0 Å². The number of ketones is 1. The Kier molecular flexibility index (Phi) is 4.94. The molecule has 1 aliphatic rings. The largest absolute Gasteiger partial charge is 0.481 e. The lowest BCUT2D eigenvalue weighted by atomic mass is 9.77. The van der Waals surface area contributed by atoms with Gasteiger partial charge in [0.2, 0.25) is 0 Å². The highest BCUT2D eigenvalue weighted by molar-refractivity contribution is 5.95. The van der Waals surface area contributed by atoms with Crippen molar-refractivity contribution < 1.29 is 14.7 Å². The molecule has 3 nitrogen and oxygen atoms in total. The monoisotopic (exact) mass is 274 g/mol. The first-order chi connectivity index (χ1) is 9.60. The molecule has 0 aliphatic heterocycles. The standard InChI is InChI=1S/C17H22O3/c1-2-16(18)15-9-7-14(8-10-15)13-5-3-12(4-6-13)11-17(19)20/h7-10,12-13H,2-6,11H2,1H3,(H,19,20). The van der Waals surface area contributed by atoms with Gasteiger partial charge in [0.1, 0.15) is 0 Å². The maximum atomic E-state index is 11.6. The summed E-state index contributed by atoms with van der Waals surface area (Å²) in [5.74, 6) is 0.355. The third kappa shape index (κ3) is 3.69. The molecule has 108 valence electrons. The summed E-state index contributed by atoms with van der Waals surface area (Å²) >= 11 is 0. The van der Waals surface area contributed by atoms with E-state index in [1.165, 1.54) is 5.56 Å². The van der Waals surface area contributed by atoms with Crippen molar-refractivity contribution in [1.29, 1.82) is 0 Å². The Morgan fingerprint density at radius 1 is 1.10 bits per heavy atom. The number of rotatable bonds is 5. The van der Waals surface area contributed by atoms with Gasteiger partial charge in [0.25, 0.3) is 0 Å². The Morgan fingerprint density at radius 3 is 2.20 bits per heavy atom. The normalized spacial score (nSPS) is 22.4. The van der Waals surface area contributed by atoms with E-state index >= 15 is 0 Å². The Hall–Kier alpha value is -1.64. The molecule has 0 spiro atoms. The van der Waals surface area contributed by atoms with Crippen molar-refractivity contribution in [3.63, 3.8) is 0 Å². The van der Waals surface area contributed by atoms with Crippen molar-refractivity contribution in [1.82, 2.24) is 0 Å². The van der Waals surface area contributed by atoms with Crippen molar-refractivity contribution in [2.45, 2.75) is 51.4 Å². The summed E-state index contributed by atoms with van der Waals surface area (Å²) in [5.41, 5.74) is 2.07. The minimum absolute atomic E-state index is 0.182. The molecule has 0 heterocycles. The van der Waals surface area contributed by atoms with Crippen LogP contribution < -0.4 is 0 Å². The van der Waals surface area contributed by atoms with E-state index < -0.39 is 5.97 Å². The van der Waals surface area contributed by atoms with E-state index in [-0.39, 0.29) is 5.78 Å². The fourth-order valence-electron chi connectivity index (χ4n) is 3.09. The van der Waals surface area contributed by atoms with Crippen LogP contribution in [-0.4, -0.2) is 16.9 Å². The van der Waals surface area contributed by atoms with Crippen LogP contribution in [0.15, 0.2) is 24.3 Å². The van der Waals surface area contributed by atoms with Crippen LogP contribution in [0, 0.1) is 5.92 Å². The zero-order valence-electron chi connectivity index (χ0n) is 12.0. The lowest BCUT2D eigenvalue weighted by Gasteiger charge is -2.28. The van der Waals surface area contributed by atoms with E-state index in [1.807, 2.05) is 19.1 Å². The zero-order valence-corrected chi connectivity index (χ0v) is 12.0. The van der Waals surface area contributed by atoms with Gasteiger partial charge in [-0.1, -0.05) is 31.2 Å². The van der Waals surface area contributed by atoms with Crippen LogP contribution in [0.2, 0.25) is 0 Å². The molecule has 0 aromatic heterocycles. The van der Waals surface area contributed by atoms with Crippen LogP contribution in [0.5, 0.6) is 0 Å². The molecule has 0 saturated heterocycles. The van der Waals surface area contributed by atoms with E-state index in [1.54, 1.807) is 0 Å². The van der Waals surface area contributed by atoms with Crippen LogP contribution in [0.3, 0.4) is 0 Å². The van der Waals surface area contributed by atoms with E-state index in [0.717, 1.165) is 31.2 Å². The Labute approximate surface area is 120 Å². The number of hydrogen-bond acceptors (Lipinski definition) is 2. The Balaban J connectivity index is 1.93. The van der Waals surface area contributed by atoms with Crippen LogP contribution >= 0.6 is 0 Å². The predicted molar refractivity (Wildman–Crippen MR) is 78.0 cm³/mol. The number of benzene rings is 1. The Morgan fingerprint density at radius 2 is 1.70 bits per heavy atom. The average molecular weight is 274 g/mol. The predicted octanol–water partition coefficient (Wildman–Crippen LogP) is 4.03. The lowest BCUT2D eigenvalue weighted by Crippen LogP contribution is -2.16. The van der Waals surface area contributed by atoms with Crippen LogP contribution in [-0.2, 0) is 4.79 Å². The average Bonchev–Trinajstić information content (AvgIpc) is 2.47. The van der Waals surface area contributed by atoms with E-state index in [2.05, 4.69) is 12.1 Å². The molecular formula is C17H22O3. The molecule has 1 saturated carbocycles. The molecule has 1 aromatic carbocycles. The van der Waals surface area contributed by atoms with E-state index in [9.17, 15) is 9.59 Å². The third-order valence-corrected chi connectivity index (χ3v) is 4.34. The summed E-state index contributed by atoms with van der Waals surface area (Å²) in [6.45, 7) is 1.87. The van der Waals surface area contributed by atoms with Gasteiger partial charge in [-0.15, -0.1) is 0 Å². The zero-order chi connectivity index (χ0) is 14.5. The fraction of sp³-hybridized carbons (Fsp3) is 0.529. The SMILES string of the molecule is CCC(=O)c1ccc(C2CCC(CC(=O)O)CC2)cc1. The summed E-state index contributed by atoms with van der Waals surface area (Å²) in [6.07, 6.45) is 4.94. The highest BCUT2D eigenvalue weighted by Gasteiger charge is 2.23. The minimum atomic E-state index is -0.684. The number of carboxylic acids is 1. The van der Waals surface area contributed by atoms with Gasteiger partial charge < -0.3 is 5.11 Å². The summed E-state index contributed by atoms with van der Waals surface area (Å²) in [5, 5.41) is 8.82. The van der Waals surface area contributed by atoms with Crippen molar-refractivity contribution in [2.24, 2.45) is 5.92 Å². The van der Waals surface area contributed by atoms with Crippen LogP contribution in [0.4, 0.5) is 0 Å². The van der Waals surface area contributed by atoms with Crippen molar-refractivity contribution in [3.05, 3.63) is 35.4 Å². The smallest absolute Gasteiger partial charge is 0.303 e. The highest BCUT2D eigenvalue weighted by atomic mass is 16.4. The second-order valence-corrected chi connectivity index (χ2v) is 5.71. The molecule has 1 N–H and O–H groups in total. The van der Waals surface area contributed by atoms with Gasteiger partial charge in [-0.05, 0) is 43.1 Å². The molecule has 0 atom stereocenters. The fourth-order valence-corrected chi connectivity index (χ4v) is 3.09. The maximum absolute atomic E-state index is 11.6. The molecular weight excluding hydrogens is 252 g/mol. The number of carboxylic acid groups (broad SMARTS) is 1. The highest BCUT2D eigenvalue weighted by Crippen LogP contribution is 2.37. The molecule has 3 heteroatoms. The van der Waals surface area contributed by atoms with Gasteiger partial charge in [0, 0.05) is 18.4 Å². The van der Waals surface area contributed by atoms with E-state index in [4.69, 9.17) is 5.11 Å². The molecule has 0 amide bonds. The number of carbonyl (C=O) groups is 2. The second kappa shape index (κ2) is 6.69. The number of hydrogen-bond donors (Lipinski definition) is 1. The molecule has 0 bridgehead atoms. The molecule has 1 fully saturated rings. The first-order valence-electron chi connectivity index (χ1n) is 7.45. The lowest BCUT2D eigenvalue weighted by molar-refractivity contribution is -0.138. The van der Waals surface area contributed by atoms with Gasteiger partial charge in [-0.25, -0.2) is 0 Å². The van der Waals surface area contributed by atoms with Gasteiger partial charge in [0.15, 0.2) is 5.78 Å². The maximum Gasteiger partial charge on any atom is 0.303 e. The van der Waals surface area contributed by atoms with Crippen molar-refractivity contribution in [3.8, 4) is 0 Å². The van der Waals surface area contributed by atoms with E-state index in [0.29, 0.717) is 24.7 Å². The number of Topliss-reactive ketones (excluding diaryl/α,β-unsaturated/α-hetero) is 1. The molecule has 0 unspecified atom stereocenters. The topological polar surface area (TPSA) is 54.4 Å². The van der Waals surface area contributed by atoms with Gasteiger partial charge in [0.05, 0.1) is 0 Å². The molecule has 20 heavy (non-hydrogen) atoms. The number of carbonyl (C=O) groups excluding carboxylic acids is 1.